The van der Waals surface area contributed by atoms with E-state index in [2.05, 4.69) is 26.8 Å². The number of nitrogens with one attached hydrogen (secondary N) is 2. The number of anilines is 1. The Morgan fingerprint density at radius 2 is 2.04 bits per heavy atom. The summed E-state index contributed by atoms with van der Waals surface area (Å²) in [5.41, 5.74) is 6.06. The molecule has 1 fully saturated rings. The van der Waals surface area contributed by atoms with Crippen molar-refractivity contribution in [1.29, 1.82) is 0 Å². The first-order valence-electron chi connectivity index (χ1n) is 8.48. The molecule has 1 aromatic heterocycles. The molecule has 5 nitrogen and oxygen atoms in total. The number of carbonyl (C=O) groups is 1. The molecular formula is C19H22N4OS. The zero-order chi connectivity index (χ0) is 17.6. The predicted molar refractivity (Wildman–Crippen MR) is 103 cm³/mol. The van der Waals surface area contributed by atoms with Gasteiger partial charge in [-0.2, -0.15) is 0 Å². The summed E-state index contributed by atoms with van der Waals surface area (Å²) in [6.45, 7) is 2.49. The highest BCUT2D eigenvalue weighted by Crippen LogP contribution is 2.28. The predicted octanol–water partition coefficient (Wildman–Crippen LogP) is 3.71. The first-order chi connectivity index (χ1) is 12.1. The first kappa shape index (κ1) is 17.5. The number of nitrogens with zero attached hydrogens (tertiary/aromatic N) is 2. The number of ketones is 1. The fourth-order valence-corrected chi connectivity index (χ4v) is 3.30. The van der Waals surface area contributed by atoms with Crippen LogP contribution in [0.1, 0.15) is 48.1 Å². The van der Waals surface area contributed by atoms with Gasteiger partial charge in [0.05, 0.1) is 6.04 Å². The molecule has 0 radical (unpaired) electrons. The second-order valence-electron chi connectivity index (χ2n) is 6.19. The summed E-state index contributed by atoms with van der Waals surface area (Å²) < 4.78 is 0. The summed E-state index contributed by atoms with van der Waals surface area (Å²) in [5, 5.41) is 5.91. The van der Waals surface area contributed by atoms with Gasteiger partial charge in [-0.05, 0) is 67.9 Å². The van der Waals surface area contributed by atoms with Crippen molar-refractivity contribution in [2.24, 2.45) is 0 Å². The Kier molecular flexibility index (Phi) is 5.73. The Bertz CT molecular complexity index is 733. The molecule has 2 N–H and O–H groups in total. The van der Waals surface area contributed by atoms with Crippen molar-refractivity contribution in [2.75, 3.05) is 11.9 Å². The number of carbonyl (C=O) groups excluding carboxylic acids is 1. The molecular weight excluding hydrogens is 332 g/mol. The second kappa shape index (κ2) is 8.18. The fraction of sp³-hybridized carbons (Fsp3) is 0.316. The maximum Gasteiger partial charge on any atom is 0.185 e. The average Bonchev–Trinajstić information content (AvgIpc) is 2.63. The van der Waals surface area contributed by atoms with Gasteiger partial charge in [-0.1, -0.05) is 12.5 Å². The summed E-state index contributed by atoms with van der Waals surface area (Å²) in [6, 6.07) is 11.7. The van der Waals surface area contributed by atoms with Gasteiger partial charge in [0.2, 0.25) is 0 Å². The molecule has 1 saturated heterocycles. The molecule has 3 rings (SSSR count). The van der Waals surface area contributed by atoms with Crippen LogP contribution in [0.5, 0.6) is 0 Å². The summed E-state index contributed by atoms with van der Waals surface area (Å²) >= 11 is 5.46. The lowest BCUT2D eigenvalue weighted by Gasteiger charge is -2.36. The SMILES string of the molecule is CC(=O)c1ccc(NC(=S)NN2CCCC[C@@H]2c2cccnc2)cc1. The minimum Gasteiger partial charge on any atom is -0.332 e. The van der Waals surface area contributed by atoms with Crippen molar-refractivity contribution >= 4 is 28.8 Å². The molecule has 0 aliphatic carbocycles. The standard InChI is InChI=1S/C19H22N4OS/c1-14(24)15-7-9-17(10-8-15)21-19(25)22-23-12-3-2-6-18(23)16-5-4-11-20-13-16/h4-5,7-11,13,18H,2-3,6,12H2,1H3,(H2,21,22,25)/t18-/m1/s1. The number of hydrazine groups is 1. The number of aromatic nitrogens is 1. The quantitative estimate of drug-likeness (QED) is 0.645. The Hall–Kier alpha value is -2.31. The summed E-state index contributed by atoms with van der Waals surface area (Å²) in [6.07, 6.45) is 7.13. The van der Waals surface area contributed by atoms with Crippen molar-refractivity contribution in [2.45, 2.75) is 32.2 Å². The third-order valence-electron chi connectivity index (χ3n) is 4.37. The van der Waals surface area contributed by atoms with Crippen LogP contribution in [0.15, 0.2) is 48.8 Å². The number of benzene rings is 1. The van der Waals surface area contributed by atoms with Crippen LogP contribution in [0.4, 0.5) is 5.69 Å². The lowest BCUT2D eigenvalue weighted by atomic mass is 9.98. The van der Waals surface area contributed by atoms with Crippen LogP contribution in [-0.2, 0) is 0 Å². The molecule has 6 heteroatoms. The third-order valence-corrected chi connectivity index (χ3v) is 4.56. The van der Waals surface area contributed by atoms with Gasteiger partial charge in [0, 0.05) is 30.2 Å². The number of rotatable bonds is 4. The van der Waals surface area contributed by atoms with Crippen molar-refractivity contribution in [3.8, 4) is 0 Å². The van der Waals surface area contributed by atoms with Crippen molar-refractivity contribution < 1.29 is 4.79 Å². The van der Waals surface area contributed by atoms with Gasteiger partial charge >= 0.3 is 0 Å². The number of Topliss-reactive ketones (excluding diaryl/α,β-unsaturated/α-hetero) is 1. The third kappa shape index (κ3) is 4.61. The normalized spacial score (nSPS) is 17.7. The fourth-order valence-electron chi connectivity index (χ4n) is 3.06. The van der Waals surface area contributed by atoms with E-state index in [-0.39, 0.29) is 11.8 Å². The van der Waals surface area contributed by atoms with Gasteiger partial charge in [-0.25, -0.2) is 5.01 Å². The van der Waals surface area contributed by atoms with Crippen LogP contribution in [0.25, 0.3) is 0 Å². The van der Waals surface area contributed by atoms with Crippen LogP contribution < -0.4 is 10.7 Å². The lowest BCUT2D eigenvalue weighted by molar-refractivity contribution is 0.101. The highest BCUT2D eigenvalue weighted by atomic mass is 32.1. The molecule has 1 aromatic carbocycles. The number of hydrogen-bond acceptors (Lipinski definition) is 4. The van der Waals surface area contributed by atoms with Crippen molar-refractivity contribution in [3.05, 3.63) is 59.9 Å². The van der Waals surface area contributed by atoms with Crippen LogP contribution in [0.2, 0.25) is 0 Å². The number of piperidine rings is 1. The summed E-state index contributed by atoms with van der Waals surface area (Å²) in [5.74, 6) is 0.0554. The molecule has 0 bridgehead atoms. The molecule has 1 aliphatic heterocycles. The minimum absolute atomic E-state index is 0.0554. The Morgan fingerprint density at radius 3 is 2.72 bits per heavy atom. The van der Waals surface area contributed by atoms with Gasteiger partial charge < -0.3 is 5.32 Å². The topological polar surface area (TPSA) is 57.3 Å². The zero-order valence-electron chi connectivity index (χ0n) is 14.2. The van der Waals surface area contributed by atoms with Gasteiger partial charge in [-0.3, -0.25) is 15.2 Å². The molecule has 0 amide bonds. The lowest BCUT2D eigenvalue weighted by Crippen LogP contribution is -2.48. The Balaban J connectivity index is 1.63. The molecule has 1 aliphatic rings. The molecule has 2 heterocycles. The number of hydrogen-bond donors (Lipinski definition) is 2. The highest BCUT2D eigenvalue weighted by molar-refractivity contribution is 7.80. The van der Waals surface area contributed by atoms with Crippen molar-refractivity contribution in [3.63, 3.8) is 0 Å². The van der Waals surface area contributed by atoms with E-state index in [0.717, 1.165) is 25.1 Å². The van der Waals surface area contributed by atoms with Crippen LogP contribution in [0.3, 0.4) is 0 Å². The number of thiocarbonyl (C=S) groups is 1. The first-order valence-corrected chi connectivity index (χ1v) is 8.89. The molecule has 0 saturated carbocycles. The molecule has 1 atom stereocenters. The van der Waals surface area contributed by atoms with Crippen LogP contribution in [-0.4, -0.2) is 27.4 Å². The van der Waals surface area contributed by atoms with Gasteiger partial charge in [-0.15, -0.1) is 0 Å². The van der Waals surface area contributed by atoms with Crippen LogP contribution >= 0.6 is 12.2 Å². The Morgan fingerprint density at radius 1 is 1.24 bits per heavy atom. The van der Waals surface area contributed by atoms with E-state index in [1.165, 1.54) is 12.0 Å². The maximum absolute atomic E-state index is 11.3. The summed E-state index contributed by atoms with van der Waals surface area (Å²) in [4.78, 5) is 15.6. The largest absolute Gasteiger partial charge is 0.332 e. The van der Waals surface area contributed by atoms with E-state index < -0.39 is 0 Å². The van der Waals surface area contributed by atoms with Crippen molar-refractivity contribution in [1.82, 2.24) is 15.4 Å². The van der Waals surface area contributed by atoms with E-state index in [0.29, 0.717) is 10.7 Å². The van der Waals surface area contributed by atoms with Gasteiger partial charge in [0.1, 0.15) is 0 Å². The summed E-state index contributed by atoms with van der Waals surface area (Å²) in [7, 11) is 0. The second-order valence-corrected chi connectivity index (χ2v) is 6.60. The molecule has 0 unspecified atom stereocenters. The zero-order valence-corrected chi connectivity index (χ0v) is 15.1. The van der Waals surface area contributed by atoms with E-state index in [1.807, 2.05) is 24.4 Å². The van der Waals surface area contributed by atoms with E-state index in [4.69, 9.17) is 12.2 Å². The maximum atomic E-state index is 11.3. The average molecular weight is 354 g/mol. The molecule has 130 valence electrons. The smallest absolute Gasteiger partial charge is 0.185 e. The molecule has 2 aromatic rings. The Labute approximate surface area is 153 Å². The van der Waals surface area contributed by atoms with Gasteiger partial charge in [0.25, 0.3) is 0 Å². The van der Waals surface area contributed by atoms with E-state index >= 15 is 0 Å². The van der Waals surface area contributed by atoms with E-state index in [9.17, 15) is 4.79 Å². The highest BCUT2D eigenvalue weighted by Gasteiger charge is 2.24. The van der Waals surface area contributed by atoms with E-state index in [1.54, 1.807) is 25.3 Å². The molecule has 25 heavy (non-hydrogen) atoms. The minimum atomic E-state index is 0.0554. The van der Waals surface area contributed by atoms with Gasteiger partial charge in [0.15, 0.2) is 10.9 Å². The number of pyridine rings is 1. The monoisotopic (exact) mass is 354 g/mol. The molecule has 0 spiro atoms. The van der Waals surface area contributed by atoms with Crippen LogP contribution in [0, 0.1) is 0 Å².